The summed E-state index contributed by atoms with van der Waals surface area (Å²) in [6.07, 6.45) is 12.2. The summed E-state index contributed by atoms with van der Waals surface area (Å²) in [7, 11) is 2.19. The highest BCUT2D eigenvalue weighted by atomic mass is 32.2. The maximum Gasteiger partial charge on any atom is 0.276 e. The van der Waals surface area contributed by atoms with Crippen LogP contribution in [0.1, 0.15) is 87.4 Å². The molecule has 2 N–H and O–H groups in total. The first-order chi connectivity index (χ1) is 22.3. The Balaban J connectivity index is 0.00000235. The van der Waals surface area contributed by atoms with E-state index >= 15 is 8.78 Å². The van der Waals surface area contributed by atoms with Crippen LogP contribution in [0.3, 0.4) is 0 Å². The SMILES string of the molecule is CO.C[C@H]1Nc2ncnc(c2/C=C(\C=O)C2CCS(=O)CC2)N(C)CCCCCCCN2CCC(CC2)C(F)(F)c2cccc1c2. The van der Waals surface area contributed by atoms with Crippen LogP contribution in [0.15, 0.2) is 36.2 Å². The van der Waals surface area contributed by atoms with Crippen molar-refractivity contribution in [1.29, 1.82) is 0 Å². The molecule has 1 aromatic heterocycles. The summed E-state index contributed by atoms with van der Waals surface area (Å²) in [6, 6.07) is 6.46. The summed E-state index contributed by atoms with van der Waals surface area (Å²) >= 11 is 0. The monoisotopic (exact) mass is 659 g/mol. The minimum atomic E-state index is -2.90. The molecule has 0 radical (unpaired) electrons. The van der Waals surface area contributed by atoms with Crippen molar-refractivity contribution in [1.82, 2.24) is 14.9 Å². The number of allylic oxidation sites excluding steroid dienone is 1. The van der Waals surface area contributed by atoms with Gasteiger partial charge >= 0.3 is 0 Å². The zero-order valence-corrected chi connectivity index (χ0v) is 28.4. The lowest BCUT2D eigenvalue weighted by atomic mass is 9.85. The molecule has 0 aliphatic carbocycles. The Morgan fingerprint density at radius 2 is 1.67 bits per heavy atom. The van der Waals surface area contributed by atoms with Crippen molar-refractivity contribution in [2.45, 2.75) is 76.7 Å². The molecule has 8 nitrogen and oxygen atoms in total. The van der Waals surface area contributed by atoms with Crippen LogP contribution in [0.5, 0.6) is 0 Å². The number of fused-ring (bicyclic) bond motifs is 10. The Morgan fingerprint density at radius 3 is 2.37 bits per heavy atom. The number of aldehydes is 1. The largest absolute Gasteiger partial charge is 0.400 e. The number of aromatic nitrogens is 2. The predicted octanol–water partition coefficient (Wildman–Crippen LogP) is 6.20. The Kier molecular flexibility index (Phi) is 13.7. The first kappa shape index (κ1) is 36.1. The van der Waals surface area contributed by atoms with Gasteiger partial charge in [-0.2, -0.15) is 0 Å². The molecule has 4 aliphatic rings. The van der Waals surface area contributed by atoms with E-state index in [1.807, 2.05) is 26.1 Å². The van der Waals surface area contributed by atoms with Crippen LogP contribution < -0.4 is 10.2 Å². The highest BCUT2D eigenvalue weighted by molar-refractivity contribution is 7.85. The van der Waals surface area contributed by atoms with Crippen molar-refractivity contribution in [2.75, 3.05) is 62.1 Å². The molecule has 254 valence electrons. The Morgan fingerprint density at radius 1 is 1.00 bits per heavy atom. The first-order valence-electron chi connectivity index (χ1n) is 16.8. The summed E-state index contributed by atoms with van der Waals surface area (Å²) in [5.41, 5.74) is 2.18. The Bertz CT molecular complexity index is 1330. The molecule has 2 saturated heterocycles. The molecule has 6 rings (SSSR count). The van der Waals surface area contributed by atoms with Crippen molar-refractivity contribution in [3.05, 3.63) is 52.9 Å². The molecule has 6 bridgehead atoms. The van der Waals surface area contributed by atoms with Crippen LogP contribution in [-0.2, 0) is 21.5 Å². The third-order valence-electron chi connectivity index (χ3n) is 9.72. The van der Waals surface area contributed by atoms with E-state index in [1.54, 1.807) is 18.2 Å². The molecule has 0 unspecified atom stereocenters. The van der Waals surface area contributed by atoms with Gasteiger partial charge in [-0.15, -0.1) is 0 Å². The highest BCUT2D eigenvalue weighted by Gasteiger charge is 2.42. The summed E-state index contributed by atoms with van der Waals surface area (Å²) in [5, 5.41) is 10.5. The van der Waals surface area contributed by atoms with E-state index in [1.165, 1.54) is 6.33 Å². The molecule has 0 spiro atoms. The number of aliphatic hydroxyl groups is 1. The number of rotatable bonds is 3. The van der Waals surface area contributed by atoms with Crippen LogP contribution >= 0.6 is 0 Å². The number of piperidine rings is 1. The van der Waals surface area contributed by atoms with E-state index in [0.29, 0.717) is 54.1 Å². The number of nitrogens with zero attached hydrogens (tertiary/aromatic N) is 4. The van der Waals surface area contributed by atoms with Gasteiger partial charge in [-0.1, -0.05) is 37.5 Å². The molecule has 2 fully saturated rings. The molecule has 2 aromatic rings. The average Bonchev–Trinajstić information content (AvgIpc) is 3.08. The van der Waals surface area contributed by atoms with E-state index in [9.17, 15) is 9.00 Å². The average molecular weight is 660 g/mol. The van der Waals surface area contributed by atoms with Crippen molar-refractivity contribution >= 4 is 34.8 Å². The fourth-order valence-electron chi connectivity index (χ4n) is 6.86. The first-order valence-corrected chi connectivity index (χ1v) is 18.2. The van der Waals surface area contributed by atoms with Gasteiger partial charge in [-0.05, 0) is 94.3 Å². The van der Waals surface area contributed by atoms with Crippen LogP contribution in [0.4, 0.5) is 20.4 Å². The summed E-state index contributed by atoms with van der Waals surface area (Å²) in [6.45, 7) is 5.20. The van der Waals surface area contributed by atoms with E-state index in [2.05, 4.69) is 25.1 Å². The van der Waals surface area contributed by atoms with Gasteiger partial charge in [-0.3, -0.25) is 9.00 Å². The van der Waals surface area contributed by atoms with Crippen molar-refractivity contribution in [2.24, 2.45) is 11.8 Å². The second-order valence-corrected chi connectivity index (χ2v) is 14.5. The van der Waals surface area contributed by atoms with Crippen molar-refractivity contribution in [3.63, 3.8) is 0 Å². The van der Waals surface area contributed by atoms with E-state index in [-0.39, 0.29) is 17.5 Å². The molecule has 1 atom stereocenters. The van der Waals surface area contributed by atoms with Crippen molar-refractivity contribution in [3.8, 4) is 0 Å². The molecule has 4 aliphatic heterocycles. The minimum absolute atomic E-state index is 0.0295. The Labute approximate surface area is 275 Å². The molecular weight excluding hydrogens is 608 g/mol. The number of hydrogen-bond acceptors (Lipinski definition) is 8. The quantitative estimate of drug-likeness (QED) is 0.297. The zero-order chi connectivity index (χ0) is 33.1. The number of benzene rings is 1. The van der Waals surface area contributed by atoms with Gasteiger partial charge in [0.15, 0.2) is 0 Å². The second-order valence-electron chi connectivity index (χ2n) is 12.8. The van der Waals surface area contributed by atoms with E-state index < -0.39 is 22.6 Å². The summed E-state index contributed by atoms with van der Waals surface area (Å²) < 4.78 is 43.7. The summed E-state index contributed by atoms with van der Waals surface area (Å²) in [4.78, 5) is 26.1. The van der Waals surface area contributed by atoms with Gasteiger partial charge < -0.3 is 20.2 Å². The standard InChI is InChI=1S/C34H47F2N5O2S.CH4O/c1-25-27-9-8-10-30(21-27)34(35,36)29-11-17-41(18-12-29)16-7-5-3-4-6-15-40(2)33-31(32(39-25)37-24-38-33)22-28(23-42)26-13-19-44(43)20-14-26;1-2/h8-10,21-26,29H,3-7,11-20H2,1-2H3,(H,37,38,39);2H,1H3/b28-22+;/t25-,26?,44?;/m1./s1. The van der Waals surface area contributed by atoms with Gasteiger partial charge in [0.25, 0.3) is 5.92 Å². The molecule has 0 saturated carbocycles. The molecule has 46 heavy (non-hydrogen) atoms. The maximum atomic E-state index is 15.9. The molecule has 0 amide bonds. The third-order valence-corrected chi connectivity index (χ3v) is 11.1. The minimum Gasteiger partial charge on any atom is -0.400 e. The number of nitrogens with one attached hydrogen (secondary N) is 1. The third kappa shape index (κ3) is 9.19. The van der Waals surface area contributed by atoms with Gasteiger partial charge in [-0.25, -0.2) is 18.7 Å². The van der Waals surface area contributed by atoms with Gasteiger partial charge in [0.1, 0.15) is 24.2 Å². The molecule has 11 heteroatoms. The fourth-order valence-corrected chi connectivity index (χ4v) is 8.16. The predicted molar refractivity (Wildman–Crippen MR) is 183 cm³/mol. The van der Waals surface area contributed by atoms with Gasteiger partial charge in [0.05, 0.1) is 5.56 Å². The number of carbonyl (C=O) groups excluding carboxylic acids is 1. The lowest BCUT2D eigenvalue weighted by Crippen LogP contribution is -2.40. The van der Waals surface area contributed by atoms with E-state index in [0.717, 1.165) is 83.1 Å². The number of anilines is 2. The van der Waals surface area contributed by atoms with Crippen LogP contribution in [0, 0.1) is 11.8 Å². The Hall–Kier alpha value is -2.76. The normalized spacial score (nSPS) is 27.7. The van der Waals surface area contributed by atoms with Gasteiger partial charge in [0.2, 0.25) is 0 Å². The number of alkyl halides is 2. The topological polar surface area (TPSA) is 98.7 Å². The van der Waals surface area contributed by atoms with E-state index in [4.69, 9.17) is 5.11 Å². The lowest BCUT2D eigenvalue weighted by molar-refractivity contribution is -0.105. The number of hydrogen-bond donors (Lipinski definition) is 2. The fraction of sp³-hybridized carbons (Fsp3) is 0.629. The van der Waals surface area contributed by atoms with Crippen LogP contribution in [0.2, 0.25) is 0 Å². The molecule has 5 heterocycles. The lowest BCUT2D eigenvalue weighted by Gasteiger charge is -2.36. The van der Waals surface area contributed by atoms with Crippen LogP contribution in [-0.4, -0.2) is 82.3 Å². The zero-order valence-electron chi connectivity index (χ0n) is 27.6. The van der Waals surface area contributed by atoms with Crippen LogP contribution in [0.25, 0.3) is 6.08 Å². The number of halogens is 2. The second kappa shape index (κ2) is 17.4. The smallest absolute Gasteiger partial charge is 0.276 e. The number of aliphatic hydroxyl groups excluding tert-OH is 1. The molecule has 1 aromatic carbocycles. The van der Waals surface area contributed by atoms with Crippen molar-refractivity contribution < 1.29 is 22.9 Å². The highest BCUT2D eigenvalue weighted by Crippen LogP contribution is 2.42. The maximum absolute atomic E-state index is 15.9. The summed E-state index contributed by atoms with van der Waals surface area (Å²) in [5.74, 6) is -1.07. The van der Waals surface area contributed by atoms with Gasteiger partial charge in [0, 0.05) is 60.5 Å². The molecular formula is C35H51F2N5O3S. The number of carbonyl (C=O) groups is 1.